The minimum absolute atomic E-state index is 0.270. The van der Waals surface area contributed by atoms with Crippen molar-refractivity contribution in [2.24, 2.45) is 7.05 Å². The second-order valence-corrected chi connectivity index (χ2v) is 5.85. The number of rotatable bonds is 6. The van der Waals surface area contributed by atoms with Crippen LogP contribution in [0.15, 0.2) is 55.1 Å². The number of carbonyl (C=O) groups is 2. The first-order chi connectivity index (χ1) is 13.0. The van der Waals surface area contributed by atoms with Crippen molar-refractivity contribution in [3.05, 3.63) is 71.8 Å². The molecule has 0 radical (unpaired) electrons. The van der Waals surface area contributed by atoms with Gasteiger partial charge in [0, 0.05) is 31.1 Å². The fraction of sp³-hybridized carbons (Fsp3) is 0.158. The van der Waals surface area contributed by atoms with Crippen LogP contribution >= 0.6 is 0 Å². The molecule has 1 N–H and O–H groups in total. The van der Waals surface area contributed by atoms with Crippen LogP contribution in [0.3, 0.4) is 0 Å². The average molecular weight is 365 g/mol. The van der Waals surface area contributed by atoms with E-state index in [0.29, 0.717) is 17.8 Å². The van der Waals surface area contributed by atoms with Crippen molar-refractivity contribution < 1.29 is 14.3 Å². The van der Waals surface area contributed by atoms with Crippen LogP contribution in [-0.2, 0) is 23.1 Å². The molecule has 1 aromatic carbocycles. The lowest BCUT2D eigenvalue weighted by Crippen LogP contribution is -2.09. The van der Waals surface area contributed by atoms with Crippen LogP contribution in [-0.4, -0.2) is 38.5 Å². The molecule has 0 aliphatic rings. The van der Waals surface area contributed by atoms with Gasteiger partial charge in [0.1, 0.15) is 0 Å². The van der Waals surface area contributed by atoms with Crippen LogP contribution < -0.4 is 5.32 Å². The summed E-state index contributed by atoms with van der Waals surface area (Å²) in [4.78, 5) is 23.9. The van der Waals surface area contributed by atoms with Gasteiger partial charge in [-0.25, -0.2) is 4.79 Å². The van der Waals surface area contributed by atoms with E-state index in [1.54, 1.807) is 52.4 Å². The summed E-state index contributed by atoms with van der Waals surface area (Å²) < 4.78 is 8.10. The third-order valence-electron chi connectivity index (χ3n) is 3.81. The van der Waals surface area contributed by atoms with E-state index in [9.17, 15) is 9.59 Å². The molecule has 8 nitrogen and oxygen atoms in total. The molecule has 27 heavy (non-hydrogen) atoms. The van der Waals surface area contributed by atoms with E-state index in [4.69, 9.17) is 4.74 Å². The minimum Gasteiger partial charge on any atom is -0.465 e. The summed E-state index contributed by atoms with van der Waals surface area (Å²) in [5, 5.41) is 11.0. The van der Waals surface area contributed by atoms with Crippen molar-refractivity contribution in [1.82, 2.24) is 19.6 Å². The maximum atomic E-state index is 12.0. The highest BCUT2D eigenvalue weighted by molar-refractivity contribution is 6.01. The standard InChI is InChI=1S/C19H19N5O3/c1-23-11-14(9-20-23)7-8-18(25)22-16-10-21-24(13-16)12-15-5-3-4-6-17(15)19(26)27-2/h3-11,13H,12H2,1-2H3,(H,22,25)/b8-7+. The van der Waals surface area contributed by atoms with E-state index >= 15 is 0 Å². The molecule has 0 bridgehead atoms. The molecule has 2 aromatic heterocycles. The second kappa shape index (κ2) is 8.13. The number of aryl methyl sites for hydroxylation is 1. The molecule has 0 saturated carbocycles. The topological polar surface area (TPSA) is 91.0 Å². The molecule has 3 aromatic rings. The van der Waals surface area contributed by atoms with Crippen molar-refractivity contribution >= 4 is 23.6 Å². The lowest BCUT2D eigenvalue weighted by molar-refractivity contribution is -0.111. The fourth-order valence-electron chi connectivity index (χ4n) is 2.54. The van der Waals surface area contributed by atoms with Crippen molar-refractivity contribution in [3.8, 4) is 0 Å². The molecule has 0 saturated heterocycles. The Bertz CT molecular complexity index is 987. The average Bonchev–Trinajstić information content (AvgIpc) is 3.28. The molecule has 0 aliphatic heterocycles. The number of carbonyl (C=O) groups excluding carboxylic acids is 2. The summed E-state index contributed by atoms with van der Waals surface area (Å²) >= 11 is 0. The SMILES string of the molecule is COC(=O)c1ccccc1Cn1cc(NC(=O)/C=C/c2cnn(C)c2)cn1. The summed E-state index contributed by atoms with van der Waals surface area (Å²) in [5.74, 6) is -0.666. The number of esters is 1. The van der Waals surface area contributed by atoms with Gasteiger partial charge in [0.25, 0.3) is 0 Å². The number of amides is 1. The van der Waals surface area contributed by atoms with Gasteiger partial charge in [0.05, 0.1) is 37.3 Å². The maximum Gasteiger partial charge on any atom is 0.338 e. The molecule has 1 amide bonds. The van der Waals surface area contributed by atoms with Crippen LogP contribution in [0.1, 0.15) is 21.5 Å². The third-order valence-corrected chi connectivity index (χ3v) is 3.81. The van der Waals surface area contributed by atoms with Crippen LogP contribution in [0.25, 0.3) is 6.08 Å². The molecular weight excluding hydrogens is 346 g/mol. The Balaban J connectivity index is 1.64. The smallest absolute Gasteiger partial charge is 0.338 e. The summed E-state index contributed by atoms with van der Waals surface area (Å²) in [6.07, 6.45) is 9.84. The van der Waals surface area contributed by atoms with Crippen LogP contribution in [0, 0.1) is 0 Å². The molecule has 0 unspecified atom stereocenters. The monoisotopic (exact) mass is 365 g/mol. The third kappa shape index (κ3) is 4.69. The van der Waals surface area contributed by atoms with Crippen LogP contribution in [0.2, 0.25) is 0 Å². The number of anilines is 1. The number of nitrogens with zero attached hydrogens (tertiary/aromatic N) is 4. The van der Waals surface area contributed by atoms with Crippen molar-refractivity contribution in [1.29, 1.82) is 0 Å². The molecule has 0 atom stereocenters. The molecule has 0 aliphatic carbocycles. The van der Waals surface area contributed by atoms with Gasteiger partial charge in [-0.05, 0) is 17.7 Å². The highest BCUT2D eigenvalue weighted by Gasteiger charge is 2.12. The number of benzene rings is 1. The lowest BCUT2D eigenvalue weighted by atomic mass is 10.1. The molecular formula is C19H19N5O3. The highest BCUT2D eigenvalue weighted by Crippen LogP contribution is 2.13. The summed E-state index contributed by atoms with van der Waals surface area (Å²) in [7, 11) is 3.16. The predicted octanol–water partition coefficient (Wildman–Crippen LogP) is 2.10. The largest absolute Gasteiger partial charge is 0.465 e. The number of aromatic nitrogens is 4. The minimum atomic E-state index is -0.396. The first-order valence-electron chi connectivity index (χ1n) is 8.21. The van der Waals surface area contributed by atoms with E-state index in [1.807, 2.05) is 19.2 Å². The van der Waals surface area contributed by atoms with Gasteiger partial charge in [0.2, 0.25) is 5.91 Å². The molecule has 2 heterocycles. The van der Waals surface area contributed by atoms with Gasteiger partial charge in [-0.3, -0.25) is 14.2 Å². The maximum absolute atomic E-state index is 12.0. The summed E-state index contributed by atoms with van der Waals surface area (Å²) in [6.45, 7) is 0.382. The normalized spacial score (nSPS) is 10.9. The number of methoxy groups -OCH3 is 1. The lowest BCUT2D eigenvalue weighted by Gasteiger charge is -2.07. The van der Waals surface area contributed by atoms with E-state index < -0.39 is 5.97 Å². The second-order valence-electron chi connectivity index (χ2n) is 5.85. The van der Waals surface area contributed by atoms with E-state index in [-0.39, 0.29) is 5.91 Å². The summed E-state index contributed by atoms with van der Waals surface area (Å²) in [6, 6.07) is 7.16. The van der Waals surface area contributed by atoms with Crippen molar-refractivity contribution in [3.63, 3.8) is 0 Å². The number of hydrogen-bond acceptors (Lipinski definition) is 5. The molecule has 8 heteroatoms. The predicted molar refractivity (Wildman–Crippen MR) is 100.0 cm³/mol. The molecule has 0 spiro atoms. The van der Waals surface area contributed by atoms with Gasteiger partial charge in [-0.15, -0.1) is 0 Å². The Morgan fingerprint density at radius 3 is 2.74 bits per heavy atom. The van der Waals surface area contributed by atoms with Crippen molar-refractivity contribution in [2.45, 2.75) is 6.54 Å². The van der Waals surface area contributed by atoms with Gasteiger partial charge in [-0.2, -0.15) is 10.2 Å². The number of nitrogens with one attached hydrogen (secondary N) is 1. The van der Waals surface area contributed by atoms with E-state index in [2.05, 4.69) is 15.5 Å². The Morgan fingerprint density at radius 1 is 1.19 bits per heavy atom. The van der Waals surface area contributed by atoms with Crippen molar-refractivity contribution in [2.75, 3.05) is 12.4 Å². The zero-order valence-corrected chi connectivity index (χ0v) is 15.0. The zero-order chi connectivity index (χ0) is 19.2. The Kier molecular flexibility index (Phi) is 5.46. The first-order valence-corrected chi connectivity index (χ1v) is 8.21. The fourth-order valence-corrected chi connectivity index (χ4v) is 2.54. The highest BCUT2D eigenvalue weighted by atomic mass is 16.5. The number of ether oxygens (including phenoxy) is 1. The molecule has 3 rings (SSSR count). The van der Waals surface area contributed by atoms with Crippen LogP contribution in [0.4, 0.5) is 5.69 Å². The van der Waals surface area contributed by atoms with Gasteiger partial charge in [0.15, 0.2) is 0 Å². The Hall–Kier alpha value is -3.68. The number of hydrogen-bond donors (Lipinski definition) is 1. The quantitative estimate of drug-likeness (QED) is 0.534. The van der Waals surface area contributed by atoms with E-state index in [1.165, 1.54) is 13.2 Å². The van der Waals surface area contributed by atoms with Gasteiger partial charge in [-0.1, -0.05) is 18.2 Å². The summed E-state index contributed by atoms with van der Waals surface area (Å²) in [5.41, 5.74) is 2.66. The molecule has 0 fully saturated rings. The molecule has 138 valence electrons. The van der Waals surface area contributed by atoms with Crippen LogP contribution in [0.5, 0.6) is 0 Å². The van der Waals surface area contributed by atoms with Gasteiger partial charge < -0.3 is 10.1 Å². The Labute approximate surface area is 156 Å². The van der Waals surface area contributed by atoms with E-state index in [0.717, 1.165) is 11.1 Å². The van der Waals surface area contributed by atoms with Gasteiger partial charge >= 0.3 is 5.97 Å². The first kappa shape index (κ1) is 18.1. The zero-order valence-electron chi connectivity index (χ0n) is 15.0. The Morgan fingerprint density at radius 2 is 2.00 bits per heavy atom.